The highest BCUT2D eigenvalue weighted by atomic mass is 16.5. The number of hydrogen-bond donors (Lipinski definition) is 2. The average molecular weight is 431 g/mol. The molecular weight excluding hydrogens is 406 g/mol. The highest BCUT2D eigenvalue weighted by molar-refractivity contribution is 6.00. The number of pyridine rings is 1. The lowest BCUT2D eigenvalue weighted by Gasteiger charge is -2.35. The number of nitrogens with zero attached hydrogens (tertiary/aromatic N) is 2. The van der Waals surface area contributed by atoms with Gasteiger partial charge in [0, 0.05) is 29.7 Å². The third kappa shape index (κ3) is 3.39. The molecule has 2 aromatic carbocycles. The molecule has 7 heteroatoms. The lowest BCUT2D eigenvalue weighted by Crippen LogP contribution is -2.48. The Bertz CT molecular complexity index is 1190. The topological polar surface area (TPSA) is 91.8 Å². The molecule has 32 heavy (non-hydrogen) atoms. The molecule has 2 amide bonds. The number of benzene rings is 2. The van der Waals surface area contributed by atoms with Crippen molar-refractivity contribution in [1.29, 1.82) is 0 Å². The normalized spacial score (nSPS) is 21.7. The van der Waals surface area contributed by atoms with Crippen LogP contribution in [-0.2, 0) is 21.6 Å². The van der Waals surface area contributed by atoms with Crippen LogP contribution in [0.1, 0.15) is 29.7 Å². The zero-order chi connectivity index (χ0) is 22.3. The van der Waals surface area contributed by atoms with Crippen LogP contribution in [0.25, 0.3) is 10.9 Å². The Labute approximate surface area is 186 Å². The summed E-state index contributed by atoms with van der Waals surface area (Å²) in [6, 6.07) is 17.4. The minimum Gasteiger partial charge on any atom is -0.489 e. The molecule has 0 bridgehead atoms. The fraction of sp³-hybridized carbons (Fsp3) is 0.320. The molecule has 3 aromatic rings. The molecule has 2 heterocycles. The van der Waals surface area contributed by atoms with E-state index in [9.17, 15) is 9.59 Å². The molecule has 1 saturated carbocycles. The molecule has 1 aliphatic heterocycles. The molecule has 2 fully saturated rings. The van der Waals surface area contributed by atoms with E-state index >= 15 is 0 Å². The first-order valence-corrected chi connectivity index (χ1v) is 10.8. The fourth-order valence-electron chi connectivity index (χ4n) is 4.66. The standard InChI is InChI=1S/C25H25N3O4/c1-16-13-17(20-5-2-3-6-22(20)26-16)15-32-19-9-7-18(8-10-19)25(14-21(25)23(29)27-31)24(30)28-11-4-12-28/h2-3,5-10,13,21,31H,4,11-12,14-15H2,1H3,(H,27,29)/t21-,25-/m1/s1. The number of rotatable bonds is 6. The van der Waals surface area contributed by atoms with Gasteiger partial charge in [-0.1, -0.05) is 30.3 Å². The van der Waals surface area contributed by atoms with E-state index < -0.39 is 17.2 Å². The van der Waals surface area contributed by atoms with Gasteiger partial charge in [0.15, 0.2) is 0 Å². The maximum atomic E-state index is 13.1. The number of fused-ring (bicyclic) bond motifs is 1. The highest BCUT2D eigenvalue weighted by Crippen LogP contribution is 2.56. The zero-order valence-electron chi connectivity index (χ0n) is 17.9. The van der Waals surface area contributed by atoms with Gasteiger partial charge < -0.3 is 9.64 Å². The summed E-state index contributed by atoms with van der Waals surface area (Å²) in [4.78, 5) is 31.6. The van der Waals surface area contributed by atoms with Gasteiger partial charge in [0.05, 0.1) is 16.8 Å². The van der Waals surface area contributed by atoms with Crippen LogP contribution in [0.4, 0.5) is 0 Å². The van der Waals surface area contributed by atoms with Gasteiger partial charge in [0.1, 0.15) is 12.4 Å². The van der Waals surface area contributed by atoms with E-state index in [0.717, 1.165) is 34.1 Å². The van der Waals surface area contributed by atoms with Crippen molar-refractivity contribution in [3.8, 4) is 5.75 Å². The second kappa shape index (κ2) is 7.91. The highest BCUT2D eigenvalue weighted by Gasteiger charge is 2.65. The lowest BCUT2D eigenvalue weighted by atomic mass is 9.90. The Kier molecular flexibility index (Phi) is 5.06. The number of hydroxylamine groups is 1. The van der Waals surface area contributed by atoms with Crippen molar-refractivity contribution in [2.75, 3.05) is 13.1 Å². The molecule has 0 unspecified atom stereocenters. The summed E-state index contributed by atoms with van der Waals surface area (Å²) in [5.74, 6) is -0.426. The number of amides is 2. The van der Waals surface area contributed by atoms with Crippen LogP contribution >= 0.6 is 0 Å². The molecule has 2 atom stereocenters. The molecular formula is C25H25N3O4. The van der Waals surface area contributed by atoms with E-state index in [-0.39, 0.29) is 5.91 Å². The fourth-order valence-corrected chi connectivity index (χ4v) is 4.66. The van der Waals surface area contributed by atoms with Crippen molar-refractivity contribution in [2.45, 2.75) is 31.8 Å². The van der Waals surface area contributed by atoms with Crippen LogP contribution in [0.3, 0.4) is 0 Å². The summed E-state index contributed by atoms with van der Waals surface area (Å²) in [7, 11) is 0. The Morgan fingerprint density at radius 1 is 1.19 bits per heavy atom. The van der Waals surface area contributed by atoms with E-state index in [1.807, 2.05) is 61.5 Å². The van der Waals surface area contributed by atoms with E-state index in [0.29, 0.717) is 31.9 Å². The smallest absolute Gasteiger partial charge is 0.247 e. The molecule has 2 aliphatic rings. The summed E-state index contributed by atoms with van der Waals surface area (Å²) in [6.45, 7) is 3.80. The minimum absolute atomic E-state index is 0.0373. The van der Waals surface area contributed by atoms with Gasteiger partial charge in [0.2, 0.25) is 11.8 Å². The number of para-hydroxylation sites is 1. The quantitative estimate of drug-likeness (QED) is 0.462. The summed E-state index contributed by atoms with van der Waals surface area (Å²) in [6.07, 6.45) is 1.38. The van der Waals surface area contributed by atoms with E-state index in [1.165, 1.54) is 0 Å². The molecule has 0 radical (unpaired) electrons. The first-order valence-electron chi connectivity index (χ1n) is 10.8. The van der Waals surface area contributed by atoms with Crippen molar-refractivity contribution < 1.29 is 19.5 Å². The minimum atomic E-state index is -0.899. The van der Waals surface area contributed by atoms with Gasteiger partial charge in [-0.3, -0.25) is 19.8 Å². The number of carbonyl (C=O) groups excluding carboxylic acids is 2. The molecule has 0 spiro atoms. The van der Waals surface area contributed by atoms with Crippen LogP contribution in [0.15, 0.2) is 54.6 Å². The Morgan fingerprint density at radius 3 is 2.62 bits per heavy atom. The van der Waals surface area contributed by atoms with Crippen LogP contribution in [0.5, 0.6) is 5.75 Å². The van der Waals surface area contributed by atoms with Crippen LogP contribution in [0, 0.1) is 12.8 Å². The number of nitrogens with one attached hydrogen (secondary N) is 1. The van der Waals surface area contributed by atoms with Crippen molar-refractivity contribution in [2.24, 2.45) is 5.92 Å². The third-order valence-electron chi connectivity index (χ3n) is 6.61. The first-order chi connectivity index (χ1) is 15.5. The van der Waals surface area contributed by atoms with Crippen LogP contribution in [0.2, 0.25) is 0 Å². The van der Waals surface area contributed by atoms with Crippen molar-refractivity contribution in [3.05, 3.63) is 71.4 Å². The second-order valence-corrected chi connectivity index (χ2v) is 8.60. The molecule has 164 valence electrons. The molecule has 2 N–H and O–H groups in total. The second-order valence-electron chi connectivity index (χ2n) is 8.60. The summed E-state index contributed by atoms with van der Waals surface area (Å²) in [5, 5.41) is 10.1. The number of carbonyl (C=O) groups is 2. The maximum absolute atomic E-state index is 13.1. The van der Waals surface area contributed by atoms with E-state index in [1.54, 1.807) is 10.4 Å². The largest absolute Gasteiger partial charge is 0.489 e. The van der Waals surface area contributed by atoms with Gasteiger partial charge in [0.25, 0.3) is 0 Å². The summed E-state index contributed by atoms with van der Waals surface area (Å²) >= 11 is 0. The van der Waals surface area contributed by atoms with Gasteiger partial charge in [-0.2, -0.15) is 0 Å². The molecule has 1 aliphatic carbocycles. The van der Waals surface area contributed by atoms with Crippen molar-refractivity contribution >= 4 is 22.7 Å². The number of hydrogen-bond acceptors (Lipinski definition) is 5. The summed E-state index contributed by atoms with van der Waals surface area (Å²) < 4.78 is 6.04. The van der Waals surface area contributed by atoms with Crippen LogP contribution in [-0.4, -0.2) is 40.0 Å². The molecule has 5 rings (SSSR count). The Hall–Kier alpha value is -3.45. The number of likely N-dealkylation sites (tertiary alicyclic amines) is 1. The van der Waals surface area contributed by atoms with Gasteiger partial charge in [-0.15, -0.1) is 0 Å². The Morgan fingerprint density at radius 2 is 1.94 bits per heavy atom. The lowest BCUT2D eigenvalue weighted by molar-refractivity contribution is -0.140. The SMILES string of the molecule is Cc1cc(COc2ccc([C@]3(C(=O)N4CCC4)C[C@@H]3C(=O)NO)cc2)c2ccccc2n1. The van der Waals surface area contributed by atoms with E-state index in [2.05, 4.69) is 4.98 Å². The van der Waals surface area contributed by atoms with Gasteiger partial charge in [-0.25, -0.2) is 5.48 Å². The monoisotopic (exact) mass is 431 g/mol. The first kappa shape index (κ1) is 20.5. The molecule has 1 saturated heterocycles. The molecule has 1 aromatic heterocycles. The van der Waals surface area contributed by atoms with Gasteiger partial charge >= 0.3 is 0 Å². The Balaban J connectivity index is 1.36. The van der Waals surface area contributed by atoms with Crippen LogP contribution < -0.4 is 10.2 Å². The molecule has 7 nitrogen and oxygen atoms in total. The predicted molar refractivity (Wildman–Crippen MR) is 118 cm³/mol. The van der Waals surface area contributed by atoms with Crippen molar-refractivity contribution in [3.63, 3.8) is 0 Å². The maximum Gasteiger partial charge on any atom is 0.247 e. The number of aryl methyl sites for hydroxylation is 1. The van der Waals surface area contributed by atoms with Gasteiger partial charge in [-0.05, 0) is 49.6 Å². The third-order valence-corrected chi connectivity index (χ3v) is 6.61. The van der Waals surface area contributed by atoms with E-state index in [4.69, 9.17) is 9.94 Å². The summed E-state index contributed by atoms with van der Waals surface area (Å²) in [5.41, 5.74) is 4.52. The zero-order valence-corrected chi connectivity index (χ0v) is 17.9. The van der Waals surface area contributed by atoms with Crippen molar-refractivity contribution in [1.82, 2.24) is 15.4 Å². The number of ether oxygens (including phenoxy) is 1. The number of aromatic nitrogens is 1. The predicted octanol–water partition coefficient (Wildman–Crippen LogP) is 3.12. The average Bonchev–Trinajstić information content (AvgIpc) is 3.53.